The van der Waals surface area contributed by atoms with Crippen LogP contribution in [0.1, 0.15) is 40.8 Å². The number of anilines is 1. The number of nitrogens with zero attached hydrogens (tertiary/aromatic N) is 1. The van der Waals surface area contributed by atoms with Gasteiger partial charge < -0.3 is 9.64 Å². The van der Waals surface area contributed by atoms with Crippen molar-refractivity contribution in [1.29, 1.82) is 0 Å². The number of rotatable bonds is 5. The molecule has 0 N–H and O–H groups in total. The van der Waals surface area contributed by atoms with Gasteiger partial charge in [0.05, 0.1) is 7.11 Å². The molecule has 0 atom stereocenters. The van der Waals surface area contributed by atoms with Crippen molar-refractivity contribution < 1.29 is 4.74 Å². The van der Waals surface area contributed by atoms with Gasteiger partial charge in [-0.1, -0.05) is 18.2 Å². The highest BCUT2D eigenvalue weighted by molar-refractivity contribution is 7.09. The summed E-state index contributed by atoms with van der Waals surface area (Å²) in [5.74, 6) is 1.10. The predicted molar refractivity (Wildman–Crippen MR) is 104 cm³/mol. The first-order valence-corrected chi connectivity index (χ1v) is 9.91. The van der Waals surface area contributed by atoms with Crippen LogP contribution in [-0.2, 0) is 19.3 Å². The Morgan fingerprint density at radius 2 is 2.12 bits per heavy atom. The number of hydrogen-bond acceptors (Lipinski definition) is 3. The minimum absolute atomic E-state index is 1.09. The van der Waals surface area contributed by atoms with E-state index in [1.165, 1.54) is 59.6 Å². The molecule has 0 bridgehead atoms. The first-order valence-electron chi connectivity index (χ1n) is 9.03. The molecule has 0 aliphatic carbocycles. The molecule has 1 aromatic carbocycles. The molecule has 3 heteroatoms. The van der Waals surface area contributed by atoms with Crippen molar-refractivity contribution in [2.45, 2.75) is 38.5 Å². The third kappa shape index (κ3) is 2.98. The van der Waals surface area contributed by atoms with Crippen molar-refractivity contribution in [2.24, 2.45) is 0 Å². The fraction of sp³-hybridized carbons (Fsp3) is 0.429. The van der Waals surface area contributed by atoms with Gasteiger partial charge in [-0.05, 0) is 61.6 Å². The summed E-state index contributed by atoms with van der Waals surface area (Å²) in [6.07, 6.45) is 11.7. The highest BCUT2D eigenvalue weighted by atomic mass is 32.1. The summed E-state index contributed by atoms with van der Waals surface area (Å²) < 4.78 is 5.84. The number of methoxy groups -OCH3 is 1. The zero-order chi connectivity index (χ0) is 16.4. The van der Waals surface area contributed by atoms with E-state index in [4.69, 9.17) is 4.74 Å². The standard InChI is InChI=1S/C21H25NOS/c1-23-21-17(7-2-3-9-18-10-6-14-24-18)15-16-8-4-12-22-13-5-11-19(21)20(16)22/h2,6-7,10,14-15H,3-5,8-9,11-13H2,1H3/b7-2+. The molecule has 4 rings (SSSR count). The molecule has 3 heterocycles. The normalized spacial score (nSPS) is 16.5. The predicted octanol–water partition coefficient (Wildman–Crippen LogP) is 5.10. The minimum atomic E-state index is 1.09. The van der Waals surface area contributed by atoms with Crippen molar-refractivity contribution in [1.82, 2.24) is 0 Å². The van der Waals surface area contributed by atoms with Gasteiger partial charge in [0.1, 0.15) is 5.75 Å². The Kier molecular flexibility index (Phi) is 4.61. The van der Waals surface area contributed by atoms with Crippen LogP contribution >= 0.6 is 11.3 Å². The maximum Gasteiger partial charge on any atom is 0.131 e. The number of aryl methyl sites for hydroxylation is 2. The number of thiophene rings is 1. The van der Waals surface area contributed by atoms with Gasteiger partial charge in [0, 0.05) is 34.8 Å². The van der Waals surface area contributed by atoms with Crippen molar-refractivity contribution in [3.63, 3.8) is 0 Å². The largest absolute Gasteiger partial charge is 0.496 e. The lowest BCUT2D eigenvalue weighted by molar-refractivity contribution is 0.406. The van der Waals surface area contributed by atoms with E-state index in [0.29, 0.717) is 0 Å². The van der Waals surface area contributed by atoms with Gasteiger partial charge in [0.25, 0.3) is 0 Å². The minimum Gasteiger partial charge on any atom is -0.496 e. The van der Waals surface area contributed by atoms with Gasteiger partial charge in [-0.25, -0.2) is 0 Å². The Morgan fingerprint density at radius 3 is 2.92 bits per heavy atom. The Labute approximate surface area is 148 Å². The van der Waals surface area contributed by atoms with Crippen LogP contribution in [0.2, 0.25) is 0 Å². The smallest absolute Gasteiger partial charge is 0.131 e. The van der Waals surface area contributed by atoms with E-state index in [0.717, 1.165) is 25.0 Å². The number of ether oxygens (including phenoxy) is 1. The Bertz CT molecular complexity index is 731. The molecule has 0 unspecified atom stereocenters. The van der Waals surface area contributed by atoms with E-state index in [1.807, 2.05) is 18.4 Å². The Balaban J connectivity index is 1.60. The third-order valence-corrected chi connectivity index (χ3v) is 6.08. The SMILES string of the molecule is COc1c(/C=C/CCc2cccs2)cc2c3c1CCCN3CCC2. The maximum atomic E-state index is 5.84. The first kappa shape index (κ1) is 15.8. The summed E-state index contributed by atoms with van der Waals surface area (Å²) >= 11 is 1.85. The molecule has 2 nitrogen and oxygen atoms in total. The molecular formula is C21H25NOS. The zero-order valence-corrected chi connectivity index (χ0v) is 15.2. The number of benzene rings is 1. The van der Waals surface area contributed by atoms with Gasteiger partial charge in [-0.2, -0.15) is 0 Å². The van der Waals surface area contributed by atoms with Crippen LogP contribution in [0.4, 0.5) is 5.69 Å². The monoisotopic (exact) mass is 339 g/mol. The number of allylic oxidation sites excluding steroid dienone is 1. The van der Waals surface area contributed by atoms with Crippen molar-refractivity contribution in [3.8, 4) is 5.75 Å². The second-order valence-electron chi connectivity index (χ2n) is 6.70. The lowest BCUT2D eigenvalue weighted by atomic mass is 9.89. The first-order chi connectivity index (χ1) is 11.9. The van der Waals surface area contributed by atoms with Crippen LogP contribution in [0.25, 0.3) is 6.08 Å². The van der Waals surface area contributed by atoms with Crippen LogP contribution in [-0.4, -0.2) is 20.2 Å². The lowest BCUT2D eigenvalue weighted by Crippen LogP contribution is -2.34. The molecule has 0 fully saturated rings. The average molecular weight is 340 g/mol. The molecule has 2 aliphatic rings. The van der Waals surface area contributed by atoms with Crippen LogP contribution in [0.3, 0.4) is 0 Å². The van der Waals surface area contributed by atoms with Crippen molar-refractivity contribution in [3.05, 3.63) is 51.2 Å². The van der Waals surface area contributed by atoms with Gasteiger partial charge in [-0.15, -0.1) is 11.3 Å². The molecule has 2 aromatic rings. The van der Waals surface area contributed by atoms with Gasteiger partial charge in [0.15, 0.2) is 0 Å². The highest BCUT2D eigenvalue weighted by Crippen LogP contribution is 2.42. The van der Waals surface area contributed by atoms with E-state index in [1.54, 1.807) is 0 Å². The van der Waals surface area contributed by atoms with E-state index in [9.17, 15) is 0 Å². The third-order valence-electron chi connectivity index (χ3n) is 5.14. The molecule has 0 saturated heterocycles. The van der Waals surface area contributed by atoms with Crippen LogP contribution in [0, 0.1) is 0 Å². The topological polar surface area (TPSA) is 12.5 Å². The second kappa shape index (κ2) is 7.02. The van der Waals surface area contributed by atoms with Crippen LogP contribution in [0.15, 0.2) is 29.7 Å². The van der Waals surface area contributed by atoms with Crippen LogP contribution in [0.5, 0.6) is 5.75 Å². The summed E-state index contributed by atoms with van der Waals surface area (Å²) in [5.41, 5.74) is 5.72. The molecule has 126 valence electrons. The van der Waals surface area contributed by atoms with E-state index < -0.39 is 0 Å². The quantitative estimate of drug-likeness (QED) is 0.751. The van der Waals surface area contributed by atoms with E-state index in [-0.39, 0.29) is 0 Å². The second-order valence-corrected chi connectivity index (χ2v) is 7.73. The van der Waals surface area contributed by atoms with E-state index >= 15 is 0 Å². The summed E-state index contributed by atoms with van der Waals surface area (Å²) in [7, 11) is 1.82. The fourth-order valence-electron chi connectivity index (χ4n) is 4.11. The summed E-state index contributed by atoms with van der Waals surface area (Å²) in [6.45, 7) is 2.41. The summed E-state index contributed by atoms with van der Waals surface area (Å²) in [5, 5.41) is 2.15. The number of hydrogen-bond donors (Lipinski definition) is 0. The van der Waals surface area contributed by atoms with Crippen molar-refractivity contribution in [2.75, 3.05) is 25.1 Å². The van der Waals surface area contributed by atoms with E-state index in [2.05, 4.69) is 40.6 Å². The Morgan fingerprint density at radius 1 is 1.25 bits per heavy atom. The van der Waals surface area contributed by atoms with Gasteiger partial charge >= 0.3 is 0 Å². The molecule has 24 heavy (non-hydrogen) atoms. The van der Waals surface area contributed by atoms with Gasteiger partial charge in [0.2, 0.25) is 0 Å². The molecule has 1 aromatic heterocycles. The summed E-state index contributed by atoms with van der Waals surface area (Å²) in [4.78, 5) is 4.03. The van der Waals surface area contributed by atoms with Gasteiger partial charge in [-0.3, -0.25) is 0 Å². The zero-order valence-electron chi connectivity index (χ0n) is 14.4. The molecule has 0 radical (unpaired) electrons. The molecular weight excluding hydrogens is 314 g/mol. The lowest BCUT2D eigenvalue weighted by Gasteiger charge is -2.38. The molecule has 0 amide bonds. The summed E-state index contributed by atoms with van der Waals surface area (Å²) in [6, 6.07) is 6.72. The Hall–Kier alpha value is -1.74. The highest BCUT2D eigenvalue weighted by Gasteiger charge is 2.27. The van der Waals surface area contributed by atoms with Crippen molar-refractivity contribution >= 4 is 23.1 Å². The molecule has 0 saturated carbocycles. The maximum absolute atomic E-state index is 5.84. The molecule has 2 aliphatic heterocycles. The molecule has 0 spiro atoms. The van der Waals surface area contributed by atoms with Crippen LogP contribution < -0.4 is 9.64 Å². The fourth-order valence-corrected chi connectivity index (χ4v) is 4.84. The average Bonchev–Trinajstić information content (AvgIpc) is 3.13.